The number of aliphatic hydroxyl groups excluding tert-OH is 1. The topological polar surface area (TPSA) is 36.4 Å². The molecule has 0 spiro atoms. The second-order valence-corrected chi connectivity index (χ2v) is 7.12. The summed E-state index contributed by atoms with van der Waals surface area (Å²) in [6.45, 7) is 2.03. The van der Waals surface area contributed by atoms with E-state index in [-0.39, 0.29) is 6.61 Å². The van der Waals surface area contributed by atoms with Gasteiger partial charge in [-0.3, -0.25) is 0 Å². The number of fused-ring (bicyclic) bond motifs is 1. The molecule has 1 N–H and O–H groups in total. The highest BCUT2D eigenvalue weighted by atomic mass is 35.5. The van der Waals surface area contributed by atoms with Crippen LogP contribution in [0.4, 0.5) is 5.82 Å². The molecule has 1 aliphatic heterocycles. The highest BCUT2D eigenvalue weighted by Gasteiger charge is 2.18. The van der Waals surface area contributed by atoms with Gasteiger partial charge in [0.05, 0.1) is 22.2 Å². The largest absolute Gasteiger partial charge is 0.392 e. The van der Waals surface area contributed by atoms with Crippen LogP contribution in [-0.4, -0.2) is 23.2 Å². The summed E-state index contributed by atoms with van der Waals surface area (Å²) in [4.78, 5) is 7.09. The van der Waals surface area contributed by atoms with E-state index in [0.29, 0.717) is 10.0 Å². The van der Waals surface area contributed by atoms with E-state index >= 15 is 0 Å². The van der Waals surface area contributed by atoms with Gasteiger partial charge in [-0.25, -0.2) is 4.98 Å². The van der Waals surface area contributed by atoms with Crippen molar-refractivity contribution in [2.24, 2.45) is 0 Å². The van der Waals surface area contributed by atoms with Crippen molar-refractivity contribution in [3.63, 3.8) is 0 Å². The average molecular weight is 373 g/mol. The summed E-state index contributed by atoms with van der Waals surface area (Å²) in [7, 11) is 0. The Hall–Kier alpha value is -1.81. The van der Waals surface area contributed by atoms with E-state index in [1.165, 1.54) is 12.8 Å². The monoisotopic (exact) mass is 372 g/mol. The predicted octanol–water partition coefficient (Wildman–Crippen LogP) is 5.30. The lowest BCUT2D eigenvalue weighted by atomic mass is 9.99. The van der Waals surface area contributed by atoms with Crippen LogP contribution in [0, 0.1) is 0 Å². The molecule has 0 aliphatic carbocycles. The zero-order valence-corrected chi connectivity index (χ0v) is 15.2. The van der Waals surface area contributed by atoms with E-state index in [1.807, 2.05) is 36.4 Å². The second kappa shape index (κ2) is 6.83. The van der Waals surface area contributed by atoms with Crippen molar-refractivity contribution in [3.05, 3.63) is 58.1 Å². The molecule has 128 valence electrons. The Kier molecular flexibility index (Phi) is 4.55. The number of hydrogen-bond donors (Lipinski definition) is 1. The van der Waals surface area contributed by atoms with E-state index in [0.717, 1.165) is 46.5 Å². The molecule has 0 saturated carbocycles. The van der Waals surface area contributed by atoms with Crippen molar-refractivity contribution in [2.45, 2.75) is 19.4 Å². The minimum absolute atomic E-state index is 0.0163. The van der Waals surface area contributed by atoms with Crippen LogP contribution in [0.15, 0.2) is 42.5 Å². The molecule has 4 rings (SSSR count). The summed E-state index contributed by atoms with van der Waals surface area (Å²) in [5.74, 6) is 0.929. The van der Waals surface area contributed by atoms with Gasteiger partial charge in [0.15, 0.2) is 0 Å². The third-order valence-corrected chi connectivity index (χ3v) is 5.50. The van der Waals surface area contributed by atoms with Gasteiger partial charge < -0.3 is 10.0 Å². The van der Waals surface area contributed by atoms with E-state index < -0.39 is 0 Å². The number of benzene rings is 2. The standard InChI is InChI=1S/C20H18Cl2N2O/c21-17-7-6-15-16(14-5-3-4-13(10-14)12-25)11-18(23-20(15)19(17)22)24-8-1-2-9-24/h3-7,10-11,25H,1-2,8-9,12H2. The molecule has 1 saturated heterocycles. The maximum absolute atomic E-state index is 9.47. The molecule has 0 bridgehead atoms. The fraction of sp³-hybridized carbons (Fsp3) is 0.250. The van der Waals surface area contributed by atoms with Crippen LogP contribution in [0.25, 0.3) is 22.0 Å². The van der Waals surface area contributed by atoms with Crippen LogP contribution in [0.2, 0.25) is 10.0 Å². The van der Waals surface area contributed by atoms with Crippen LogP contribution >= 0.6 is 23.2 Å². The lowest BCUT2D eigenvalue weighted by molar-refractivity contribution is 0.282. The SMILES string of the molecule is OCc1cccc(-c2cc(N3CCCC3)nc3c(Cl)c(Cl)ccc23)c1. The molecule has 2 aromatic carbocycles. The highest BCUT2D eigenvalue weighted by molar-refractivity contribution is 6.45. The van der Waals surface area contributed by atoms with Crippen molar-refractivity contribution in [1.29, 1.82) is 0 Å². The molecular weight excluding hydrogens is 355 g/mol. The first kappa shape index (κ1) is 16.6. The van der Waals surface area contributed by atoms with E-state index in [4.69, 9.17) is 28.2 Å². The Morgan fingerprint density at radius 1 is 1.04 bits per heavy atom. The van der Waals surface area contributed by atoms with Crippen LogP contribution in [0.1, 0.15) is 18.4 Å². The number of hydrogen-bond acceptors (Lipinski definition) is 3. The molecule has 0 unspecified atom stereocenters. The summed E-state index contributed by atoms with van der Waals surface area (Å²) in [6, 6.07) is 13.8. The van der Waals surface area contributed by atoms with E-state index in [2.05, 4.69) is 11.0 Å². The molecule has 0 radical (unpaired) electrons. The van der Waals surface area contributed by atoms with Crippen molar-refractivity contribution < 1.29 is 5.11 Å². The lowest BCUT2D eigenvalue weighted by Gasteiger charge is -2.19. The first-order chi connectivity index (χ1) is 12.2. The molecular formula is C20H18Cl2N2O. The van der Waals surface area contributed by atoms with E-state index in [9.17, 15) is 5.11 Å². The summed E-state index contributed by atoms with van der Waals surface area (Å²) >= 11 is 12.7. The zero-order valence-electron chi connectivity index (χ0n) is 13.7. The lowest BCUT2D eigenvalue weighted by Crippen LogP contribution is -2.19. The third kappa shape index (κ3) is 3.08. The fourth-order valence-corrected chi connectivity index (χ4v) is 3.76. The number of pyridine rings is 1. The molecule has 2 heterocycles. The van der Waals surface area contributed by atoms with Crippen LogP contribution in [-0.2, 0) is 6.61 Å². The van der Waals surface area contributed by atoms with Crippen molar-refractivity contribution >= 4 is 39.9 Å². The van der Waals surface area contributed by atoms with Crippen molar-refractivity contribution in [2.75, 3.05) is 18.0 Å². The Labute approximate surface area is 156 Å². The van der Waals surface area contributed by atoms with Gasteiger partial charge in [-0.15, -0.1) is 0 Å². The quantitative estimate of drug-likeness (QED) is 0.677. The molecule has 3 nitrogen and oxygen atoms in total. The minimum Gasteiger partial charge on any atom is -0.392 e. The summed E-state index contributed by atoms with van der Waals surface area (Å²) in [5.41, 5.74) is 3.70. The van der Waals surface area contributed by atoms with Gasteiger partial charge in [-0.05, 0) is 47.7 Å². The number of aliphatic hydroxyl groups is 1. The Morgan fingerprint density at radius 3 is 2.60 bits per heavy atom. The molecule has 1 aromatic heterocycles. The van der Waals surface area contributed by atoms with Crippen molar-refractivity contribution in [1.82, 2.24) is 4.98 Å². The van der Waals surface area contributed by atoms with Gasteiger partial charge >= 0.3 is 0 Å². The summed E-state index contributed by atoms with van der Waals surface area (Å²) < 4.78 is 0. The maximum atomic E-state index is 9.47. The first-order valence-corrected chi connectivity index (χ1v) is 9.17. The van der Waals surface area contributed by atoms with Gasteiger partial charge in [0.2, 0.25) is 0 Å². The van der Waals surface area contributed by atoms with Gasteiger partial charge in [0.25, 0.3) is 0 Å². The Bertz CT molecular complexity index is 936. The van der Waals surface area contributed by atoms with Crippen LogP contribution in [0.5, 0.6) is 0 Å². The summed E-state index contributed by atoms with van der Waals surface area (Å²) in [5, 5.41) is 11.4. The predicted molar refractivity (Wildman–Crippen MR) is 105 cm³/mol. The number of anilines is 1. The van der Waals surface area contributed by atoms with E-state index in [1.54, 1.807) is 0 Å². The zero-order chi connectivity index (χ0) is 17.4. The summed E-state index contributed by atoms with van der Waals surface area (Å²) in [6.07, 6.45) is 2.36. The average Bonchev–Trinajstić information content (AvgIpc) is 3.19. The number of aromatic nitrogens is 1. The normalized spacial score (nSPS) is 14.4. The number of rotatable bonds is 3. The van der Waals surface area contributed by atoms with Crippen molar-refractivity contribution in [3.8, 4) is 11.1 Å². The molecule has 1 fully saturated rings. The number of nitrogens with zero attached hydrogens (tertiary/aromatic N) is 2. The highest BCUT2D eigenvalue weighted by Crippen LogP contribution is 2.38. The van der Waals surface area contributed by atoms with Gasteiger partial charge in [-0.1, -0.05) is 47.5 Å². The maximum Gasteiger partial charge on any atom is 0.129 e. The van der Waals surface area contributed by atoms with Crippen LogP contribution in [0.3, 0.4) is 0 Å². The van der Waals surface area contributed by atoms with Crippen LogP contribution < -0.4 is 4.90 Å². The smallest absolute Gasteiger partial charge is 0.129 e. The Balaban J connectivity index is 1.98. The second-order valence-electron chi connectivity index (χ2n) is 6.34. The van der Waals surface area contributed by atoms with Gasteiger partial charge in [-0.2, -0.15) is 0 Å². The molecule has 25 heavy (non-hydrogen) atoms. The molecule has 1 aliphatic rings. The molecule has 0 amide bonds. The molecule has 0 atom stereocenters. The molecule has 5 heteroatoms. The fourth-order valence-electron chi connectivity index (χ4n) is 3.40. The minimum atomic E-state index is 0.0163. The third-order valence-electron chi connectivity index (χ3n) is 4.71. The molecule has 3 aromatic rings. The first-order valence-electron chi connectivity index (χ1n) is 8.41. The number of halogens is 2. The van der Waals surface area contributed by atoms with Gasteiger partial charge in [0, 0.05) is 18.5 Å². The Morgan fingerprint density at radius 2 is 1.84 bits per heavy atom. The van der Waals surface area contributed by atoms with Gasteiger partial charge in [0.1, 0.15) is 5.82 Å².